The molecule has 1 aliphatic heterocycles. The predicted molar refractivity (Wildman–Crippen MR) is 115 cm³/mol. The summed E-state index contributed by atoms with van der Waals surface area (Å²) < 4.78 is 73.0. The Hall–Kier alpha value is -2.53. The zero-order chi connectivity index (χ0) is 24.0. The average molecular weight is 486 g/mol. The number of hydrogen-bond donors (Lipinski definition) is 1. The Morgan fingerprint density at radius 3 is 2.70 bits per heavy atom. The van der Waals surface area contributed by atoms with Crippen molar-refractivity contribution in [1.82, 2.24) is 4.98 Å². The number of nitrogens with zero attached hydrogens (tertiary/aromatic N) is 2. The molecule has 1 atom stereocenters. The van der Waals surface area contributed by atoms with Crippen LogP contribution in [0.2, 0.25) is 0 Å². The van der Waals surface area contributed by atoms with Crippen LogP contribution >= 0.6 is 0 Å². The van der Waals surface area contributed by atoms with Gasteiger partial charge in [-0.1, -0.05) is 0 Å². The fourth-order valence-corrected chi connectivity index (χ4v) is 5.25. The Morgan fingerprint density at radius 2 is 2.06 bits per heavy atom. The van der Waals surface area contributed by atoms with Crippen molar-refractivity contribution in [1.29, 1.82) is 0 Å². The molecule has 1 aliphatic carbocycles. The van der Waals surface area contributed by atoms with Gasteiger partial charge >= 0.3 is 179 Å². The third-order valence-corrected chi connectivity index (χ3v) is 6.81. The van der Waals surface area contributed by atoms with Gasteiger partial charge in [0, 0.05) is 0 Å². The van der Waals surface area contributed by atoms with E-state index in [0.717, 1.165) is 6.07 Å². The number of anilines is 2. The first-order valence-corrected chi connectivity index (χ1v) is 12.0. The summed E-state index contributed by atoms with van der Waals surface area (Å²) in [6.45, 7) is 1.73. The topological polar surface area (TPSA) is 74.4 Å². The number of ether oxygens (including phenoxy) is 1. The van der Waals surface area contributed by atoms with Crippen molar-refractivity contribution in [2.75, 3.05) is 29.6 Å². The first-order valence-electron chi connectivity index (χ1n) is 10.4. The molecule has 0 radical (unpaired) electrons. The maximum atomic E-state index is 14.5. The van der Waals surface area contributed by atoms with Crippen molar-refractivity contribution in [2.45, 2.75) is 43.2 Å². The molecule has 2 aliphatic rings. The van der Waals surface area contributed by atoms with Crippen LogP contribution in [0.1, 0.15) is 26.2 Å². The van der Waals surface area contributed by atoms with Crippen molar-refractivity contribution in [3.05, 3.63) is 42.1 Å². The molecule has 1 saturated carbocycles. The van der Waals surface area contributed by atoms with Gasteiger partial charge in [-0.3, -0.25) is 0 Å². The molecule has 11 heteroatoms. The van der Waals surface area contributed by atoms with Gasteiger partial charge in [0.2, 0.25) is 0 Å². The van der Waals surface area contributed by atoms with Gasteiger partial charge in [0.25, 0.3) is 0 Å². The van der Waals surface area contributed by atoms with Crippen LogP contribution in [0.25, 0.3) is 0 Å². The van der Waals surface area contributed by atoms with Crippen molar-refractivity contribution < 1.29 is 31.1 Å². The summed E-state index contributed by atoms with van der Waals surface area (Å²) in [6.07, 6.45) is 2.20. The first-order chi connectivity index (χ1) is 15.5. The summed E-state index contributed by atoms with van der Waals surface area (Å²) in [5, 5.41) is 2.98. The molecule has 1 aromatic heterocycles. The predicted octanol–water partition coefficient (Wildman–Crippen LogP) is 4.34. The molecule has 1 saturated heterocycles. The van der Waals surface area contributed by atoms with E-state index in [1.165, 1.54) is 35.6 Å². The average Bonchev–Trinajstić information content (AvgIpc) is 3.10. The summed E-state index contributed by atoms with van der Waals surface area (Å²) in [4.78, 5) is 18.7. The normalized spacial score (nSPS) is 20.7. The van der Waals surface area contributed by atoms with Crippen molar-refractivity contribution in [3.63, 3.8) is 0 Å². The van der Waals surface area contributed by atoms with E-state index < -0.39 is 45.6 Å². The van der Waals surface area contributed by atoms with Crippen molar-refractivity contribution >= 4 is 27.9 Å². The molecule has 2 aromatic rings. The van der Waals surface area contributed by atoms with Gasteiger partial charge in [0.15, 0.2) is 0 Å². The van der Waals surface area contributed by atoms with Crippen molar-refractivity contribution in [2.24, 2.45) is 5.41 Å². The molecular formula is C22H23F4N3O3S. The molecule has 1 aromatic carbocycles. The first kappa shape index (κ1) is 23.6. The third kappa shape index (κ3) is 4.61. The number of carbonyl (C=O) groups is 1. The molecule has 0 bridgehead atoms. The minimum atomic E-state index is -2.82. The van der Waals surface area contributed by atoms with E-state index in [1.807, 2.05) is 0 Å². The van der Waals surface area contributed by atoms with Crippen LogP contribution in [0.15, 0.2) is 35.5 Å². The van der Waals surface area contributed by atoms with E-state index in [0.29, 0.717) is 5.69 Å². The molecule has 178 valence electrons. The van der Waals surface area contributed by atoms with E-state index in [4.69, 9.17) is 4.74 Å². The van der Waals surface area contributed by atoms with Gasteiger partial charge in [0.1, 0.15) is 0 Å². The molecule has 1 spiro atoms. The molecule has 6 nitrogen and oxygen atoms in total. The number of pyridine rings is 1. The monoisotopic (exact) mass is 485 g/mol. The Bertz CT molecular complexity index is 1160. The van der Waals surface area contributed by atoms with E-state index in [2.05, 4.69) is 10.3 Å². The summed E-state index contributed by atoms with van der Waals surface area (Å²) in [5.74, 6) is -5.99. The van der Waals surface area contributed by atoms with E-state index in [-0.39, 0.29) is 48.9 Å². The second kappa shape index (κ2) is 8.68. The maximum absolute atomic E-state index is 14.5. The molecule has 1 N–H and O–H groups in total. The van der Waals surface area contributed by atoms with E-state index in [9.17, 15) is 26.4 Å². The number of amides is 1. The van der Waals surface area contributed by atoms with Crippen LogP contribution in [0.3, 0.4) is 0 Å². The van der Waals surface area contributed by atoms with Crippen LogP contribution in [-0.2, 0) is 19.5 Å². The molecule has 4 rings (SSSR count). The van der Waals surface area contributed by atoms with Crippen LogP contribution < -0.4 is 15.0 Å². The summed E-state index contributed by atoms with van der Waals surface area (Å²) in [5.41, 5.74) is -0.350. The number of halogens is 4. The fraction of sp³-hybridized carbons (Fsp3) is 0.455. The summed E-state index contributed by atoms with van der Waals surface area (Å²) >= 11 is 0. The van der Waals surface area contributed by atoms with Gasteiger partial charge in [-0.05, 0) is 6.92 Å². The van der Waals surface area contributed by atoms with Gasteiger partial charge in [0.05, 0.1) is 0 Å². The van der Waals surface area contributed by atoms with Gasteiger partial charge < -0.3 is 0 Å². The van der Waals surface area contributed by atoms with Gasteiger partial charge in [-0.2, -0.15) is 0 Å². The zero-order valence-electron chi connectivity index (χ0n) is 18.0. The number of benzene rings is 1. The zero-order valence-corrected chi connectivity index (χ0v) is 18.9. The molecular weight excluding hydrogens is 462 g/mol. The SMILES string of the molecule is CCOc1c(N2CC3(CC2C(=O)Nc2ccnc([S-](C)#[O+])c2)CC(F)(F)C3)ccc(F)c1F. The summed E-state index contributed by atoms with van der Waals surface area (Å²) in [7, 11) is -1.37. The van der Waals surface area contributed by atoms with Crippen LogP contribution in [0.5, 0.6) is 5.75 Å². The van der Waals surface area contributed by atoms with Crippen LogP contribution in [-0.4, -0.2) is 42.3 Å². The second-order valence-electron chi connectivity index (χ2n) is 8.53. The Morgan fingerprint density at radius 1 is 1.33 bits per heavy atom. The number of rotatable bonds is 5. The van der Waals surface area contributed by atoms with Crippen LogP contribution in [0.4, 0.5) is 28.9 Å². The number of alkyl halides is 2. The molecule has 1 amide bonds. The van der Waals surface area contributed by atoms with Crippen molar-refractivity contribution in [3.8, 4) is 5.75 Å². The fourth-order valence-electron chi connectivity index (χ4n) is 4.74. The number of nitrogens with one attached hydrogen (secondary N) is 1. The number of carbonyl (C=O) groups excluding carboxylic acids is 1. The quantitative estimate of drug-likeness (QED) is 0.388. The minimum absolute atomic E-state index is 0.0508. The Balaban J connectivity index is 1.68. The Labute approximate surface area is 190 Å². The third-order valence-electron chi connectivity index (χ3n) is 6.00. The molecule has 33 heavy (non-hydrogen) atoms. The van der Waals surface area contributed by atoms with E-state index in [1.54, 1.807) is 6.92 Å². The number of hydrogen-bond acceptors (Lipinski definition) is 5. The molecule has 2 heterocycles. The number of aromatic nitrogens is 1. The molecule has 2 fully saturated rings. The second-order valence-corrected chi connectivity index (χ2v) is 9.85. The Kier molecular flexibility index (Phi) is 6.21. The molecule has 1 unspecified atom stereocenters. The van der Waals surface area contributed by atoms with Gasteiger partial charge in [-0.15, -0.1) is 0 Å². The van der Waals surface area contributed by atoms with Gasteiger partial charge in [-0.25, -0.2) is 4.39 Å². The van der Waals surface area contributed by atoms with E-state index >= 15 is 0 Å². The summed E-state index contributed by atoms with van der Waals surface area (Å²) in [6, 6.07) is 4.28. The van der Waals surface area contributed by atoms with Crippen LogP contribution in [0, 0.1) is 17.0 Å². The standard InChI is InChI=1S/C22H23F4N3O3S/c1-3-32-19-15(5-4-14(23)18(19)24)29-12-21(10-22(25,26)11-21)9-16(29)20(30)28-13-6-7-27-17(8-13)33(2)31/h4-8,16H,3,9-12H2,1-2H3,(H,27,28,30).